The molecule has 1 aliphatic carbocycles. The summed E-state index contributed by atoms with van der Waals surface area (Å²) < 4.78 is 1.87. The lowest BCUT2D eigenvalue weighted by Crippen LogP contribution is -2.41. The number of anilines is 1. The van der Waals surface area contributed by atoms with Gasteiger partial charge in [0, 0.05) is 19.3 Å². The SMILES string of the molecule is Cc1nn(C)cc1NC(C)C1(C)CCC1. The third kappa shape index (κ3) is 1.87. The maximum Gasteiger partial charge on any atom is 0.0825 e. The fourth-order valence-corrected chi connectivity index (χ4v) is 2.32. The van der Waals surface area contributed by atoms with Gasteiger partial charge in [-0.2, -0.15) is 5.10 Å². The minimum atomic E-state index is 0.488. The minimum absolute atomic E-state index is 0.488. The van der Waals surface area contributed by atoms with Gasteiger partial charge in [-0.15, -0.1) is 0 Å². The fourth-order valence-electron chi connectivity index (χ4n) is 2.32. The van der Waals surface area contributed by atoms with Crippen LogP contribution in [0.3, 0.4) is 0 Å². The normalized spacial score (nSPS) is 20.8. The largest absolute Gasteiger partial charge is 0.379 e. The number of aromatic nitrogens is 2. The number of aryl methyl sites for hydroxylation is 2. The Balaban J connectivity index is 2.05. The Bertz CT molecular complexity index is 350. The standard InChI is InChI=1S/C12H21N3/c1-9-11(8-15(4)14-9)13-10(2)12(3)6-5-7-12/h8,10,13H,5-7H2,1-4H3. The number of hydrogen-bond acceptors (Lipinski definition) is 2. The second-order valence-electron chi connectivity index (χ2n) is 5.18. The lowest BCUT2D eigenvalue weighted by Gasteiger charge is -2.44. The first-order valence-corrected chi connectivity index (χ1v) is 5.78. The maximum absolute atomic E-state index is 4.34. The highest BCUT2D eigenvalue weighted by Gasteiger charge is 2.37. The van der Waals surface area contributed by atoms with Crippen LogP contribution in [0, 0.1) is 12.3 Å². The monoisotopic (exact) mass is 207 g/mol. The molecule has 1 saturated carbocycles. The molecule has 1 atom stereocenters. The predicted octanol–water partition coefficient (Wildman–Crippen LogP) is 2.72. The zero-order valence-corrected chi connectivity index (χ0v) is 10.2. The van der Waals surface area contributed by atoms with E-state index in [1.807, 2.05) is 11.7 Å². The molecule has 1 fully saturated rings. The molecule has 0 radical (unpaired) electrons. The van der Waals surface area contributed by atoms with Crippen LogP contribution in [0.4, 0.5) is 5.69 Å². The quantitative estimate of drug-likeness (QED) is 0.826. The molecule has 3 heteroatoms. The Kier molecular flexibility index (Phi) is 2.49. The molecule has 0 saturated heterocycles. The molecule has 0 aromatic carbocycles. The average molecular weight is 207 g/mol. The number of hydrogen-bond donors (Lipinski definition) is 1. The molecule has 84 valence electrons. The Morgan fingerprint density at radius 2 is 2.20 bits per heavy atom. The molecule has 0 spiro atoms. The average Bonchev–Trinajstić information content (AvgIpc) is 2.41. The molecule has 1 N–H and O–H groups in total. The summed E-state index contributed by atoms with van der Waals surface area (Å²) in [6, 6.07) is 0.536. The zero-order valence-electron chi connectivity index (χ0n) is 10.2. The van der Waals surface area contributed by atoms with Gasteiger partial charge in [0.2, 0.25) is 0 Å². The van der Waals surface area contributed by atoms with Crippen LogP contribution >= 0.6 is 0 Å². The van der Waals surface area contributed by atoms with E-state index in [4.69, 9.17) is 0 Å². The summed E-state index contributed by atoms with van der Waals surface area (Å²) in [6.07, 6.45) is 6.14. The second-order valence-corrected chi connectivity index (χ2v) is 5.18. The van der Waals surface area contributed by atoms with Crippen molar-refractivity contribution in [2.75, 3.05) is 5.32 Å². The summed E-state index contributed by atoms with van der Waals surface area (Å²) in [4.78, 5) is 0. The van der Waals surface area contributed by atoms with Crippen molar-refractivity contribution in [2.45, 2.75) is 46.1 Å². The molecule has 1 aromatic rings. The molecule has 0 aliphatic heterocycles. The van der Waals surface area contributed by atoms with Crippen LogP contribution in [0.25, 0.3) is 0 Å². The maximum atomic E-state index is 4.34. The van der Waals surface area contributed by atoms with Crippen molar-refractivity contribution >= 4 is 5.69 Å². The molecule has 0 bridgehead atoms. The van der Waals surface area contributed by atoms with E-state index >= 15 is 0 Å². The Hall–Kier alpha value is -0.990. The zero-order chi connectivity index (χ0) is 11.1. The molecule has 3 nitrogen and oxygen atoms in total. The van der Waals surface area contributed by atoms with E-state index < -0.39 is 0 Å². The first kappa shape index (κ1) is 10.5. The predicted molar refractivity (Wildman–Crippen MR) is 63.0 cm³/mol. The van der Waals surface area contributed by atoms with Crippen molar-refractivity contribution in [3.05, 3.63) is 11.9 Å². The van der Waals surface area contributed by atoms with Gasteiger partial charge in [-0.3, -0.25) is 4.68 Å². The van der Waals surface area contributed by atoms with Crippen LogP contribution in [-0.2, 0) is 7.05 Å². The summed E-state index contributed by atoms with van der Waals surface area (Å²) in [7, 11) is 1.97. The van der Waals surface area contributed by atoms with Gasteiger partial charge in [0.25, 0.3) is 0 Å². The fraction of sp³-hybridized carbons (Fsp3) is 0.750. The van der Waals surface area contributed by atoms with Crippen LogP contribution in [0.2, 0.25) is 0 Å². The van der Waals surface area contributed by atoms with Gasteiger partial charge in [-0.1, -0.05) is 13.3 Å². The van der Waals surface area contributed by atoms with E-state index in [2.05, 4.69) is 37.4 Å². The van der Waals surface area contributed by atoms with Gasteiger partial charge < -0.3 is 5.32 Å². The van der Waals surface area contributed by atoms with Gasteiger partial charge in [0.15, 0.2) is 0 Å². The summed E-state index contributed by atoms with van der Waals surface area (Å²) in [5.74, 6) is 0. The first-order valence-electron chi connectivity index (χ1n) is 5.78. The number of rotatable bonds is 3. The van der Waals surface area contributed by atoms with E-state index in [9.17, 15) is 0 Å². The summed E-state index contributed by atoms with van der Waals surface area (Å²) >= 11 is 0. The van der Waals surface area contributed by atoms with Crippen LogP contribution in [-0.4, -0.2) is 15.8 Å². The molecular weight excluding hydrogens is 186 g/mol. The molecule has 1 aliphatic rings. The van der Waals surface area contributed by atoms with E-state index in [1.165, 1.54) is 24.9 Å². The Morgan fingerprint density at radius 3 is 2.60 bits per heavy atom. The van der Waals surface area contributed by atoms with Gasteiger partial charge in [-0.25, -0.2) is 0 Å². The van der Waals surface area contributed by atoms with Crippen LogP contribution < -0.4 is 5.32 Å². The highest BCUT2D eigenvalue weighted by Crippen LogP contribution is 2.44. The van der Waals surface area contributed by atoms with Gasteiger partial charge in [-0.05, 0) is 32.1 Å². The van der Waals surface area contributed by atoms with Crippen molar-refractivity contribution in [2.24, 2.45) is 12.5 Å². The molecule has 1 aromatic heterocycles. The van der Waals surface area contributed by atoms with E-state index in [0.29, 0.717) is 11.5 Å². The summed E-state index contributed by atoms with van der Waals surface area (Å²) in [5.41, 5.74) is 2.76. The van der Waals surface area contributed by atoms with Gasteiger partial charge in [0.05, 0.1) is 11.4 Å². The number of nitrogens with one attached hydrogen (secondary N) is 1. The topological polar surface area (TPSA) is 29.9 Å². The van der Waals surface area contributed by atoms with Crippen molar-refractivity contribution in [3.63, 3.8) is 0 Å². The molecule has 1 heterocycles. The Morgan fingerprint density at radius 1 is 1.53 bits per heavy atom. The van der Waals surface area contributed by atoms with Crippen molar-refractivity contribution in [3.8, 4) is 0 Å². The summed E-state index contributed by atoms with van der Waals surface area (Å²) in [5, 5.41) is 7.93. The summed E-state index contributed by atoms with van der Waals surface area (Å²) in [6.45, 7) is 6.71. The lowest BCUT2D eigenvalue weighted by molar-refractivity contribution is 0.137. The molecule has 2 rings (SSSR count). The highest BCUT2D eigenvalue weighted by molar-refractivity contribution is 5.46. The van der Waals surface area contributed by atoms with Crippen LogP contribution in [0.1, 0.15) is 38.8 Å². The molecule has 1 unspecified atom stereocenters. The highest BCUT2D eigenvalue weighted by atomic mass is 15.3. The molecular formula is C12H21N3. The number of nitrogens with zero attached hydrogens (tertiary/aromatic N) is 2. The van der Waals surface area contributed by atoms with Crippen LogP contribution in [0.15, 0.2) is 6.20 Å². The third-order valence-electron chi connectivity index (χ3n) is 3.93. The van der Waals surface area contributed by atoms with Crippen molar-refractivity contribution < 1.29 is 0 Å². The van der Waals surface area contributed by atoms with Crippen molar-refractivity contribution in [1.82, 2.24) is 9.78 Å². The van der Waals surface area contributed by atoms with Gasteiger partial charge in [0.1, 0.15) is 0 Å². The third-order valence-corrected chi connectivity index (χ3v) is 3.93. The van der Waals surface area contributed by atoms with E-state index in [1.54, 1.807) is 0 Å². The Labute approximate surface area is 91.9 Å². The first-order chi connectivity index (χ1) is 7.01. The lowest BCUT2D eigenvalue weighted by atomic mass is 9.66. The van der Waals surface area contributed by atoms with E-state index in [-0.39, 0.29) is 0 Å². The smallest absolute Gasteiger partial charge is 0.0825 e. The molecule has 0 amide bonds. The van der Waals surface area contributed by atoms with Crippen LogP contribution in [0.5, 0.6) is 0 Å². The second kappa shape index (κ2) is 3.54. The molecule has 15 heavy (non-hydrogen) atoms. The van der Waals surface area contributed by atoms with E-state index in [0.717, 1.165) is 5.69 Å². The minimum Gasteiger partial charge on any atom is -0.379 e. The van der Waals surface area contributed by atoms with Gasteiger partial charge >= 0.3 is 0 Å². The van der Waals surface area contributed by atoms with Crippen molar-refractivity contribution in [1.29, 1.82) is 0 Å².